The predicted molar refractivity (Wildman–Crippen MR) is 73.3 cm³/mol. The summed E-state index contributed by atoms with van der Waals surface area (Å²) in [5, 5.41) is 18.8. The third-order valence-electron chi connectivity index (χ3n) is 3.09. The molecule has 0 bridgehead atoms. The lowest BCUT2D eigenvalue weighted by Crippen LogP contribution is -2.49. The number of aliphatic hydroxyl groups excluding tert-OH is 1. The highest BCUT2D eigenvalue weighted by Gasteiger charge is 2.26. The zero-order valence-corrected chi connectivity index (χ0v) is 11.9. The molecule has 4 nitrogen and oxygen atoms in total. The number of aliphatic hydroxyl groups is 1. The van der Waals surface area contributed by atoms with E-state index in [1.807, 2.05) is 20.2 Å². The fourth-order valence-electron chi connectivity index (χ4n) is 2.22. The van der Waals surface area contributed by atoms with E-state index in [-0.39, 0.29) is 12.0 Å². The molecule has 0 amide bonds. The minimum atomic E-state index is -0.776. The molecule has 0 aromatic carbocycles. The molecule has 0 aliphatic carbocycles. The molecule has 106 valence electrons. The van der Waals surface area contributed by atoms with Crippen molar-refractivity contribution in [1.82, 2.24) is 0 Å². The van der Waals surface area contributed by atoms with Crippen LogP contribution in [0, 0.1) is 5.92 Å². The topological polar surface area (TPSA) is 57.5 Å². The van der Waals surface area contributed by atoms with Gasteiger partial charge in [0.1, 0.15) is 18.6 Å². The summed E-state index contributed by atoms with van der Waals surface area (Å²) in [6.07, 6.45) is 5.34. The summed E-state index contributed by atoms with van der Waals surface area (Å²) in [4.78, 5) is 10.8. The molecular weight excluding hydrogens is 230 g/mol. The van der Waals surface area contributed by atoms with Crippen molar-refractivity contribution >= 4 is 5.97 Å². The number of carbonyl (C=O) groups is 1. The molecule has 4 heteroatoms. The zero-order chi connectivity index (χ0) is 14.2. The Labute approximate surface area is 111 Å². The first-order chi connectivity index (χ1) is 8.28. The van der Waals surface area contributed by atoms with Crippen LogP contribution in [0.2, 0.25) is 0 Å². The second-order valence-electron chi connectivity index (χ2n) is 5.77. The highest BCUT2D eigenvalue weighted by molar-refractivity contribution is 5.69. The third kappa shape index (κ3) is 8.25. The maximum atomic E-state index is 10.8. The number of carboxylic acid groups (broad SMARTS) is 1. The van der Waals surface area contributed by atoms with Gasteiger partial charge in [-0.2, -0.15) is 0 Å². The molecule has 0 saturated heterocycles. The van der Waals surface area contributed by atoms with E-state index in [0.717, 1.165) is 25.7 Å². The summed E-state index contributed by atoms with van der Waals surface area (Å²) in [5.74, 6) is -1.16. The number of carboxylic acids is 1. The first-order valence-corrected chi connectivity index (χ1v) is 6.62. The summed E-state index contributed by atoms with van der Waals surface area (Å²) in [7, 11) is 3.93. The highest BCUT2D eigenvalue weighted by atomic mass is 16.4. The summed E-state index contributed by atoms with van der Waals surface area (Å²) in [6, 6.07) is 0. The van der Waals surface area contributed by atoms with Crippen LogP contribution in [0.4, 0.5) is 0 Å². The van der Waals surface area contributed by atoms with Crippen molar-refractivity contribution in [3.05, 3.63) is 12.7 Å². The van der Waals surface area contributed by atoms with Crippen molar-refractivity contribution in [2.24, 2.45) is 5.92 Å². The highest BCUT2D eigenvalue weighted by Crippen LogP contribution is 2.11. The third-order valence-corrected chi connectivity index (χ3v) is 3.09. The summed E-state index contributed by atoms with van der Waals surface area (Å²) in [5.41, 5.74) is 0. The molecule has 0 spiro atoms. The maximum Gasteiger partial charge on any atom is 0.311 e. The van der Waals surface area contributed by atoms with Gasteiger partial charge in [-0.25, -0.2) is 0 Å². The first-order valence-electron chi connectivity index (χ1n) is 6.62. The molecule has 0 fully saturated rings. The second-order valence-corrected chi connectivity index (χ2v) is 5.77. The molecule has 0 aliphatic heterocycles. The molecule has 2 unspecified atom stereocenters. The Bertz CT molecular complexity index is 264. The standard InChI is InChI=1S/C14H27NO3/c1-5-6-7-8-9-13(16)11-15(3,4)10-12(2)14(17)18/h5,12-13,16H,1,6-11H2,2-4H3/p+1. The van der Waals surface area contributed by atoms with E-state index >= 15 is 0 Å². The average molecular weight is 258 g/mol. The molecule has 0 saturated carbocycles. The normalized spacial score (nSPS) is 15.1. The molecule has 18 heavy (non-hydrogen) atoms. The number of unbranched alkanes of at least 4 members (excludes halogenated alkanes) is 2. The van der Waals surface area contributed by atoms with Crippen LogP contribution in [0.3, 0.4) is 0 Å². The van der Waals surface area contributed by atoms with Crippen LogP contribution in [0.25, 0.3) is 0 Å². The Kier molecular flexibility index (Phi) is 7.87. The van der Waals surface area contributed by atoms with E-state index < -0.39 is 5.97 Å². The van der Waals surface area contributed by atoms with Crippen LogP contribution in [-0.4, -0.2) is 54.0 Å². The van der Waals surface area contributed by atoms with Crippen LogP contribution in [0.1, 0.15) is 32.6 Å². The van der Waals surface area contributed by atoms with Gasteiger partial charge in [0.2, 0.25) is 0 Å². The van der Waals surface area contributed by atoms with E-state index in [2.05, 4.69) is 6.58 Å². The monoisotopic (exact) mass is 258 g/mol. The Hall–Kier alpha value is -0.870. The van der Waals surface area contributed by atoms with Gasteiger partial charge >= 0.3 is 5.97 Å². The number of rotatable bonds is 10. The molecule has 2 N–H and O–H groups in total. The number of hydrogen-bond acceptors (Lipinski definition) is 2. The van der Waals surface area contributed by atoms with E-state index in [1.54, 1.807) is 6.92 Å². The molecule has 0 heterocycles. The fourth-order valence-corrected chi connectivity index (χ4v) is 2.22. The smallest absolute Gasteiger partial charge is 0.311 e. The largest absolute Gasteiger partial charge is 0.481 e. The Morgan fingerprint density at radius 3 is 2.44 bits per heavy atom. The summed E-state index contributed by atoms with van der Waals surface area (Å²) < 4.78 is 0.538. The van der Waals surface area contributed by atoms with Crippen molar-refractivity contribution in [3.63, 3.8) is 0 Å². The van der Waals surface area contributed by atoms with Crippen molar-refractivity contribution in [3.8, 4) is 0 Å². The van der Waals surface area contributed by atoms with Crippen LogP contribution < -0.4 is 0 Å². The van der Waals surface area contributed by atoms with Gasteiger partial charge in [-0.15, -0.1) is 6.58 Å². The van der Waals surface area contributed by atoms with Crippen molar-refractivity contribution in [2.75, 3.05) is 27.2 Å². The van der Waals surface area contributed by atoms with E-state index in [4.69, 9.17) is 5.11 Å². The molecule has 0 radical (unpaired) electrons. The lowest BCUT2D eigenvalue weighted by Gasteiger charge is -2.33. The van der Waals surface area contributed by atoms with Gasteiger partial charge in [-0.3, -0.25) is 4.79 Å². The molecule has 2 atom stereocenters. The minimum absolute atomic E-state index is 0.356. The van der Waals surface area contributed by atoms with Crippen molar-refractivity contribution in [2.45, 2.75) is 38.7 Å². The number of hydrogen-bond donors (Lipinski definition) is 2. The quantitative estimate of drug-likeness (QED) is 0.357. The Balaban J connectivity index is 3.98. The number of aliphatic carboxylic acids is 1. The Morgan fingerprint density at radius 1 is 1.33 bits per heavy atom. The van der Waals surface area contributed by atoms with Crippen LogP contribution >= 0.6 is 0 Å². The lowest BCUT2D eigenvalue weighted by molar-refractivity contribution is -0.895. The SMILES string of the molecule is C=CCCCCC(O)C[N+](C)(C)CC(C)C(=O)O. The van der Waals surface area contributed by atoms with Crippen LogP contribution in [0.15, 0.2) is 12.7 Å². The van der Waals surface area contributed by atoms with Crippen molar-refractivity contribution < 1.29 is 19.5 Å². The molecule has 0 rings (SSSR count). The number of nitrogens with zero attached hydrogens (tertiary/aromatic N) is 1. The van der Waals surface area contributed by atoms with E-state index in [0.29, 0.717) is 17.6 Å². The number of allylic oxidation sites excluding steroid dienone is 1. The second kappa shape index (κ2) is 8.27. The van der Waals surface area contributed by atoms with Gasteiger partial charge in [-0.05, 0) is 26.2 Å². The van der Waals surface area contributed by atoms with Gasteiger partial charge in [0.25, 0.3) is 0 Å². The van der Waals surface area contributed by atoms with Crippen LogP contribution in [0.5, 0.6) is 0 Å². The Morgan fingerprint density at radius 2 is 1.94 bits per heavy atom. The lowest BCUT2D eigenvalue weighted by atomic mass is 10.1. The maximum absolute atomic E-state index is 10.8. The van der Waals surface area contributed by atoms with Gasteiger partial charge < -0.3 is 14.7 Å². The number of quaternary nitrogens is 1. The first kappa shape index (κ1) is 17.1. The number of likely N-dealkylation sites (N-methyl/N-ethyl adjacent to an activating group) is 1. The molecule has 0 aromatic heterocycles. The molecular formula is C14H28NO3+. The average Bonchev–Trinajstić information content (AvgIpc) is 2.22. The zero-order valence-electron chi connectivity index (χ0n) is 11.9. The predicted octanol–water partition coefficient (Wildman–Crippen LogP) is 1.89. The van der Waals surface area contributed by atoms with Gasteiger partial charge in [0, 0.05) is 0 Å². The summed E-state index contributed by atoms with van der Waals surface area (Å²) >= 11 is 0. The summed E-state index contributed by atoms with van der Waals surface area (Å²) in [6.45, 7) is 6.52. The minimum Gasteiger partial charge on any atom is -0.481 e. The van der Waals surface area contributed by atoms with Crippen molar-refractivity contribution in [1.29, 1.82) is 0 Å². The van der Waals surface area contributed by atoms with Gasteiger partial charge in [-0.1, -0.05) is 12.5 Å². The fraction of sp³-hybridized carbons (Fsp3) is 0.786. The van der Waals surface area contributed by atoms with Crippen LogP contribution in [-0.2, 0) is 4.79 Å². The molecule has 0 aromatic rings. The molecule has 0 aliphatic rings. The van der Waals surface area contributed by atoms with E-state index in [1.165, 1.54) is 0 Å². The van der Waals surface area contributed by atoms with E-state index in [9.17, 15) is 9.90 Å². The van der Waals surface area contributed by atoms with Gasteiger partial charge in [0.05, 0.1) is 20.6 Å². The van der Waals surface area contributed by atoms with Gasteiger partial charge in [0.15, 0.2) is 0 Å².